The number of rotatable bonds is 4. The number of allylic oxidation sites excluding steroid dienone is 6. The molecule has 0 saturated carbocycles. The van der Waals surface area contributed by atoms with Gasteiger partial charge in [0.25, 0.3) is 0 Å². The van der Waals surface area contributed by atoms with Gasteiger partial charge in [-0.1, -0.05) is 30.9 Å². The highest BCUT2D eigenvalue weighted by Gasteiger charge is 1.81. The van der Waals surface area contributed by atoms with Gasteiger partial charge in [-0.25, -0.2) is 0 Å². The molecule has 0 bridgehead atoms. The zero-order valence-electron chi connectivity index (χ0n) is 8.20. The van der Waals surface area contributed by atoms with Crippen molar-refractivity contribution >= 4 is 6.21 Å². The summed E-state index contributed by atoms with van der Waals surface area (Å²) in [6.07, 6.45) is 10.9. The molecule has 0 rings (SSSR count). The third-order valence-electron chi connectivity index (χ3n) is 1.30. The second-order valence-electron chi connectivity index (χ2n) is 2.42. The fraction of sp³-hybridized carbons (Fsp3) is 0.182. The molecule has 0 radical (unpaired) electrons. The van der Waals surface area contributed by atoms with Gasteiger partial charge in [-0.05, 0) is 19.9 Å². The average Bonchev–Trinajstić information content (AvgIpc) is 2.14. The highest BCUT2D eigenvalue weighted by Crippen LogP contribution is 1.94. The Hall–Kier alpha value is -1.57. The van der Waals surface area contributed by atoms with Gasteiger partial charge in [0.1, 0.15) is 0 Å². The molecule has 0 spiro atoms. The Kier molecular flexibility index (Phi) is 6.24. The van der Waals surface area contributed by atoms with Gasteiger partial charge in [-0.15, -0.1) is 0 Å². The number of nitrogens with zero attached hydrogens (tertiary/aromatic N) is 1. The Labute approximate surface area is 79.9 Å². The maximum Gasteiger partial charge on any atom is 0.0558 e. The normalized spacial score (nSPS) is 13.5. The summed E-state index contributed by atoms with van der Waals surface area (Å²) in [6, 6.07) is 0. The molecule has 0 aliphatic carbocycles. The molecule has 0 aromatic carbocycles. The fourth-order valence-electron chi connectivity index (χ4n) is 0.553. The Morgan fingerprint density at radius 2 is 2.00 bits per heavy atom. The summed E-state index contributed by atoms with van der Waals surface area (Å²) in [5.41, 5.74) is 6.83. The monoisotopic (exact) mass is 176 g/mol. The van der Waals surface area contributed by atoms with E-state index in [1.165, 1.54) is 0 Å². The summed E-state index contributed by atoms with van der Waals surface area (Å²) in [4.78, 5) is 4.03. The van der Waals surface area contributed by atoms with E-state index in [4.69, 9.17) is 5.73 Å². The molecule has 0 aromatic rings. The molecule has 0 aliphatic rings. The van der Waals surface area contributed by atoms with Crippen molar-refractivity contribution < 1.29 is 0 Å². The van der Waals surface area contributed by atoms with Crippen LogP contribution in [0.4, 0.5) is 0 Å². The minimum absolute atomic E-state index is 0.639. The third kappa shape index (κ3) is 6.81. The summed E-state index contributed by atoms with van der Waals surface area (Å²) in [6.45, 7) is 7.54. The van der Waals surface area contributed by atoms with Gasteiger partial charge >= 0.3 is 0 Å². The second kappa shape index (κ2) is 7.10. The van der Waals surface area contributed by atoms with Crippen molar-refractivity contribution in [3.63, 3.8) is 0 Å². The molecule has 2 heteroatoms. The molecule has 0 atom stereocenters. The van der Waals surface area contributed by atoms with Gasteiger partial charge in [-0.3, -0.25) is 4.99 Å². The Morgan fingerprint density at radius 1 is 1.31 bits per heavy atom. The van der Waals surface area contributed by atoms with Crippen LogP contribution in [0.5, 0.6) is 0 Å². The van der Waals surface area contributed by atoms with Gasteiger partial charge < -0.3 is 5.73 Å². The van der Waals surface area contributed by atoms with Crippen molar-refractivity contribution in [2.75, 3.05) is 0 Å². The quantitative estimate of drug-likeness (QED) is 0.519. The fourth-order valence-corrected chi connectivity index (χ4v) is 0.553. The Bertz CT molecular complexity index is 268. The molecule has 0 unspecified atom stereocenters. The van der Waals surface area contributed by atoms with Crippen molar-refractivity contribution in [1.82, 2.24) is 0 Å². The minimum Gasteiger partial charge on any atom is -0.398 e. The second-order valence-corrected chi connectivity index (χ2v) is 2.42. The first-order valence-corrected chi connectivity index (χ1v) is 4.14. The topological polar surface area (TPSA) is 38.4 Å². The van der Waals surface area contributed by atoms with Crippen LogP contribution in [-0.4, -0.2) is 6.21 Å². The van der Waals surface area contributed by atoms with Crippen molar-refractivity contribution in [1.29, 1.82) is 0 Å². The van der Waals surface area contributed by atoms with E-state index in [1.54, 1.807) is 12.3 Å². The lowest BCUT2D eigenvalue weighted by atomic mass is 10.4. The van der Waals surface area contributed by atoms with Gasteiger partial charge in [0, 0.05) is 5.70 Å². The predicted octanol–water partition coefficient (Wildman–Crippen LogP) is 2.57. The van der Waals surface area contributed by atoms with Crippen LogP contribution in [0.25, 0.3) is 0 Å². The molecule has 2 nitrogen and oxygen atoms in total. The molecule has 0 aromatic heterocycles. The van der Waals surface area contributed by atoms with Crippen LogP contribution < -0.4 is 5.73 Å². The molecule has 0 amide bonds. The van der Waals surface area contributed by atoms with E-state index < -0.39 is 0 Å². The van der Waals surface area contributed by atoms with Crippen LogP contribution in [0.15, 0.2) is 53.3 Å². The molecule has 0 fully saturated rings. The van der Waals surface area contributed by atoms with E-state index in [0.29, 0.717) is 11.4 Å². The maximum atomic E-state index is 5.51. The lowest BCUT2D eigenvalue weighted by Crippen LogP contribution is -1.96. The molecular weight excluding hydrogens is 160 g/mol. The molecule has 70 valence electrons. The SMILES string of the molecule is C=C(/C=C\C=C/C)N=C/C(N)=C\C. The van der Waals surface area contributed by atoms with E-state index in [9.17, 15) is 0 Å². The largest absolute Gasteiger partial charge is 0.398 e. The van der Waals surface area contributed by atoms with Gasteiger partial charge in [0.15, 0.2) is 0 Å². The van der Waals surface area contributed by atoms with Crippen molar-refractivity contribution in [2.24, 2.45) is 10.7 Å². The first-order chi connectivity index (χ1) is 6.20. The first-order valence-electron chi connectivity index (χ1n) is 4.14. The predicted molar refractivity (Wildman–Crippen MR) is 59.5 cm³/mol. The standard InChI is InChI=1S/C11H16N2/c1-4-6-7-8-10(3)13-9-11(12)5-2/h4-9H,3,12H2,1-2H3/b6-4-,8-7-,11-5+,13-9?. The van der Waals surface area contributed by atoms with Crippen molar-refractivity contribution in [3.8, 4) is 0 Å². The van der Waals surface area contributed by atoms with Crippen LogP contribution in [-0.2, 0) is 0 Å². The van der Waals surface area contributed by atoms with Gasteiger partial charge in [0.2, 0.25) is 0 Å². The van der Waals surface area contributed by atoms with Gasteiger partial charge in [-0.2, -0.15) is 0 Å². The molecule has 0 aliphatic heterocycles. The molecule has 0 saturated heterocycles. The lowest BCUT2D eigenvalue weighted by Gasteiger charge is -1.89. The number of hydrogen-bond donors (Lipinski definition) is 1. The Morgan fingerprint density at radius 3 is 2.54 bits per heavy atom. The summed E-state index contributed by atoms with van der Waals surface area (Å²) in [5, 5.41) is 0. The van der Waals surface area contributed by atoms with Crippen LogP contribution in [0.3, 0.4) is 0 Å². The average molecular weight is 176 g/mol. The van der Waals surface area contributed by atoms with Crippen molar-refractivity contribution in [3.05, 3.63) is 48.4 Å². The van der Waals surface area contributed by atoms with Crippen LogP contribution in [0.2, 0.25) is 0 Å². The zero-order valence-corrected chi connectivity index (χ0v) is 8.20. The van der Waals surface area contributed by atoms with E-state index in [1.807, 2.05) is 38.2 Å². The highest BCUT2D eigenvalue weighted by atomic mass is 14.7. The maximum absolute atomic E-state index is 5.51. The number of hydrogen-bond acceptors (Lipinski definition) is 2. The Balaban J connectivity index is 4.09. The molecule has 0 heterocycles. The molecule has 13 heavy (non-hydrogen) atoms. The summed E-state index contributed by atoms with van der Waals surface area (Å²) in [7, 11) is 0. The van der Waals surface area contributed by atoms with Crippen LogP contribution in [0.1, 0.15) is 13.8 Å². The molecule has 2 N–H and O–H groups in total. The molecular formula is C11H16N2. The van der Waals surface area contributed by atoms with E-state index in [-0.39, 0.29) is 0 Å². The van der Waals surface area contributed by atoms with Crippen LogP contribution in [0, 0.1) is 0 Å². The smallest absolute Gasteiger partial charge is 0.0558 e. The number of aliphatic imine (C=N–C) groups is 1. The lowest BCUT2D eigenvalue weighted by molar-refractivity contribution is 1.40. The summed E-state index contributed by atoms with van der Waals surface area (Å²) < 4.78 is 0. The zero-order chi connectivity index (χ0) is 10.1. The van der Waals surface area contributed by atoms with Gasteiger partial charge in [0.05, 0.1) is 11.9 Å². The summed E-state index contributed by atoms with van der Waals surface area (Å²) >= 11 is 0. The third-order valence-corrected chi connectivity index (χ3v) is 1.30. The highest BCUT2D eigenvalue weighted by molar-refractivity contribution is 5.78. The van der Waals surface area contributed by atoms with E-state index in [2.05, 4.69) is 11.6 Å². The van der Waals surface area contributed by atoms with E-state index in [0.717, 1.165) is 0 Å². The van der Waals surface area contributed by atoms with E-state index >= 15 is 0 Å². The number of nitrogens with two attached hydrogens (primary N) is 1. The van der Waals surface area contributed by atoms with Crippen molar-refractivity contribution in [2.45, 2.75) is 13.8 Å². The minimum atomic E-state index is 0.639. The first kappa shape index (κ1) is 11.4. The summed E-state index contributed by atoms with van der Waals surface area (Å²) in [5.74, 6) is 0. The van der Waals surface area contributed by atoms with Crippen LogP contribution >= 0.6 is 0 Å².